The van der Waals surface area contributed by atoms with Gasteiger partial charge in [0.15, 0.2) is 6.10 Å². The number of ether oxygens (including phenoxy) is 1. The van der Waals surface area contributed by atoms with Gasteiger partial charge in [-0.2, -0.15) is 9.61 Å². The first-order valence-corrected chi connectivity index (χ1v) is 10.8. The Labute approximate surface area is 187 Å². The molecule has 158 valence electrons. The molecule has 1 atom stereocenters. The van der Waals surface area contributed by atoms with Crippen LogP contribution in [0.3, 0.4) is 0 Å². The maximum absolute atomic E-state index is 12.5. The average Bonchev–Trinajstić information content (AvgIpc) is 3.17. The van der Waals surface area contributed by atoms with E-state index in [9.17, 15) is 9.59 Å². The largest absolute Gasteiger partial charge is 0.481 e. The number of hydrogen-bond donors (Lipinski definition) is 1. The number of benzene rings is 2. The summed E-state index contributed by atoms with van der Waals surface area (Å²) < 4.78 is 6.92. The third-order valence-electron chi connectivity index (χ3n) is 4.52. The molecule has 2 heterocycles. The maximum Gasteiger partial charge on any atom is 0.275 e. The van der Waals surface area contributed by atoms with Crippen molar-refractivity contribution in [1.29, 1.82) is 0 Å². The summed E-state index contributed by atoms with van der Waals surface area (Å²) >= 11 is 7.49. The average molecular weight is 455 g/mol. The zero-order valence-electron chi connectivity index (χ0n) is 16.8. The number of rotatable bonds is 6. The van der Waals surface area contributed by atoms with Crippen LogP contribution in [0.15, 0.2) is 59.4 Å². The first kappa shape index (κ1) is 21.0. The smallest absolute Gasteiger partial charge is 0.275 e. The zero-order valence-corrected chi connectivity index (χ0v) is 18.4. The summed E-state index contributed by atoms with van der Waals surface area (Å²) in [6.45, 7) is 3.72. The van der Waals surface area contributed by atoms with Crippen LogP contribution >= 0.6 is 22.9 Å². The highest BCUT2D eigenvalue weighted by molar-refractivity contribution is 7.19. The summed E-state index contributed by atoms with van der Waals surface area (Å²) in [4.78, 5) is 29.8. The Balaban J connectivity index is 1.48. The number of carbonyl (C=O) groups is 1. The molecule has 0 saturated heterocycles. The van der Waals surface area contributed by atoms with Crippen LogP contribution in [0.4, 0.5) is 0 Å². The molecule has 0 radical (unpaired) electrons. The molecule has 1 unspecified atom stereocenters. The second kappa shape index (κ2) is 8.87. The molecule has 0 aliphatic rings. The second-order valence-electron chi connectivity index (χ2n) is 6.96. The summed E-state index contributed by atoms with van der Waals surface area (Å²) in [6, 6.07) is 16.1. The monoisotopic (exact) mass is 454 g/mol. The molecule has 2 aromatic carbocycles. The van der Waals surface area contributed by atoms with E-state index in [2.05, 4.69) is 15.4 Å². The van der Waals surface area contributed by atoms with Gasteiger partial charge < -0.3 is 10.1 Å². The van der Waals surface area contributed by atoms with Crippen molar-refractivity contribution in [2.45, 2.75) is 26.5 Å². The van der Waals surface area contributed by atoms with Crippen molar-refractivity contribution in [1.82, 2.24) is 19.9 Å². The lowest BCUT2D eigenvalue weighted by molar-refractivity contribution is -0.127. The van der Waals surface area contributed by atoms with E-state index in [-0.39, 0.29) is 18.0 Å². The zero-order chi connectivity index (χ0) is 22.0. The molecule has 2 aromatic heterocycles. The molecule has 7 nitrogen and oxygen atoms in total. The van der Waals surface area contributed by atoms with Gasteiger partial charge in [0, 0.05) is 11.6 Å². The molecule has 4 rings (SSSR count). The standard InChI is InChI=1S/C22H19ClN4O3S/c1-13-6-5-7-16(10-13)30-14(2)20(29)24-12-15-11-19(28)27-22(25-15)31-21(26-27)17-8-3-4-9-18(17)23/h3-11,14H,12H2,1-2H3,(H,24,29). The molecule has 0 saturated carbocycles. The van der Waals surface area contributed by atoms with Gasteiger partial charge in [-0.05, 0) is 37.6 Å². The van der Waals surface area contributed by atoms with Crippen molar-refractivity contribution in [2.24, 2.45) is 0 Å². The van der Waals surface area contributed by atoms with E-state index < -0.39 is 6.10 Å². The number of fused-ring (bicyclic) bond motifs is 1. The van der Waals surface area contributed by atoms with Crippen molar-refractivity contribution in [2.75, 3.05) is 0 Å². The van der Waals surface area contributed by atoms with Gasteiger partial charge in [0.1, 0.15) is 10.8 Å². The second-order valence-corrected chi connectivity index (χ2v) is 8.32. The number of nitrogens with zero attached hydrogens (tertiary/aromatic N) is 3. The number of aromatic nitrogens is 3. The number of hydrogen-bond acceptors (Lipinski definition) is 6. The van der Waals surface area contributed by atoms with Crippen LogP contribution in [0.1, 0.15) is 18.2 Å². The molecule has 1 amide bonds. The van der Waals surface area contributed by atoms with E-state index in [4.69, 9.17) is 16.3 Å². The highest BCUT2D eigenvalue weighted by atomic mass is 35.5. The molecular formula is C22H19ClN4O3S. The third-order valence-corrected chi connectivity index (χ3v) is 5.79. The lowest BCUT2D eigenvalue weighted by Gasteiger charge is -2.14. The van der Waals surface area contributed by atoms with Crippen molar-refractivity contribution in [3.63, 3.8) is 0 Å². The molecule has 1 N–H and O–H groups in total. The molecular weight excluding hydrogens is 436 g/mol. The molecule has 0 bridgehead atoms. The van der Waals surface area contributed by atoms with Crippen LogP contribution in [-0.4, -0.2) is 26.6 Å². The first-order valence-electron chi connectivity index (χ1n) is 9.56. The van der Waals surface area contributed by atoms with E-state index in [1.807, 2.05) is 43.3 Å². The van der Waals surface area contributed by atoms with E-state index in [0.29, 0.717) is 26.4 Å². The van der Waals surface area contributed by atoms with Crippen LogP contribution in [0.2, 0.25) is 5.02 Å². The van der Waals surface area contributed by atoms with Crippen molar-refractivity contribution in [3.05, 3.63) is 81.2 Å². The third kappa shape index (κ3) is 4.76. The highest BCUT2D eigenvalue weighted by Crippen LogP contribution is 2.30. The fraction of sp³-hybridized carbons (Fsp3) is 0.182. The van der Waals surface area contributed by atoms with Gasteiger partial charge in [-0.3, -0.25) is 9.59 Å². The van der Waals surface area contributed by atoms with Crippen molar-refractivity contribution in [3.8, 4) is 16.3 Å². The number of nitrogens with one attached hydrogen (secondary N) is 1. The van der Waals surface area contributed by atoms with Gasteiger partial charge in [0.05, 0.1) is 17.3 Å². The summed E-state index contributed by atoms with van der Waals surface area (Å²) in [6.07, 6.45) is -0.693. The minimum absolute atomic E-state index is 0.103. The lowest BCUT2D eigenvalue weighted by atomic mass is 10.2. The minimum atomic E-state index is -0.693. The van der Waals surface area contributed by atoms with Crippen LogP contribution in [0.5, 0.6) is 5.75 Å². The summed E-state index contributed by atoms with van der Waals surface area (Å²) in [5, 5.41) is 8.23. The Morgan fingerprint density at radius 3 is 2.81 bits per heavy atom. The fourth-order valence-corrected chi connectivity index (χ4v) is 4.20. The van der Waals surface area contributed by atoms with Gasteiger partial charge >= 0.3 is 0 Å². The van der Waals surface area contributed by atoms with E-state index >= 15 is 0 Å². The molecule has 31 heavy (non-hydrogen) atoms. The fourth-order valence-electron chi connectivity index (χ4n) is 2.96. The predicted molar refractivity (Wildman–Crippen MR) is 121 cm³/mol. The van der Waals surface area contributed by atoms with Gasteiger partial charge in [-0.25, -0.2) is 4.98 Å². The maximum atomic E-state index is 12.5. The summed E-state index contributed by atoms with van der Waals surface area (Å²) in [5.74, 6) is 0.321. The molecule has 0 aliphatic carbocycles. The molecule has 0 fully saturated rings. The number of halogens is 1. The predicted octanol–water partition coefficient (Wildman–Crippen LogP) is 3.86. The first-order chi connectivity index (χ1) is 14.9. The van der Waals surface area contributed by atoms with Crippen LogP contribution < -0.4 is 15.6 Å². The van der Waals surface area contributed by atoms with E-state index in [1.165, 1.54) is 21.9 Å². The Kier molecular flexibility index (Phi) is 6.01. The number of aryl methyl sites for hydroxylation is 1. The van der Waals surface area contributed by atoms with Gasteiger partial charge in [-0.1, -0.05) is 53.3 Å². The Bertz CT molecular complexity index is 1320. The van der Waals surface area contributed by atoms with E-state index in [0.717, 1.165) is 11.1 Å². The summed E-state index contributed by atoms with van der Waals surface area (Å²) in [7, 11) is 0. The van der Waals surface area contributed by atoms with Gasteiger partial charge in [0.2, 0.25) is 4.96 Å². The number of amides is 1. The van der Waals surface area contributed by atoms with Crippen LogP contribution in [-0.2, 0) is 11.3 Å². The van der Waals surface area contributed by atoms with Crippen LogP contribution in [0.25, 0.3) is 15.5 Å². The van der Waals surface area contributed by atoms with Gasteiger partial charge in [-0.15, -0.1) is 0 Å². The lowest BCUT2D eigenvalue weighted by Crippen LogP contribution is -2.36. The SMILES string of the molecule is Cc1cccc(OC(C)C(=O)NCc2cc(=O)n3nc(-c4ccccc4Cl)sc3n2)c1. The molecule has 0 aliphatic heterocycles. The van der Waals surface area contributed by atoms with Crippen LogP contribution in [0, 0.1) is 6.92 Å². The number of carbonyl (C=O) groups excluding carboxylic acids is 1. The van der Waals surface area contributed by atoms with Crippen molar-refractivity contribution >= 4 is 33.8 Å². The normalized spacial score (nSPS) is 12.0. The van der Waals surface area contributed by atoms with E-state index in [1.54, 1.807) is 19.1 Å². The van der Waals surface area contributed by atoms with Crippen molar-refractivity contribution < 1.29 is 9.53 Å². The Morgan fingerprint density at radius 1 is 1.23 bits per heavy atom. The molecule has 0 spiro atoms. The molecule has 9 heteroatoms. The topological polar surface area (TPSA) is 85.6 Å². The van der Waals surface area contributed by atoms with Gasteiger partial charge in [0.25, 0.3) is 11.5 Å². The molecule has 4 aromatic rings. The quantitative estimate of drug-likeness (QED) is 0.478. The minimum Gasteiger partial charge on any atom is -0.481 e. The summed E-state index contributed by atoms with van der Waals surface area (Å²) in [5.41, 5.74) is 1.89. The Hall–Kier alpha value is -3.23. The highest BCUT2D eigenvalue weighted by Gasteiger charge is 2.16. The Morgan fingerprint density at radius 2 is 2.03 bits per heavy atom.